The highest BCUT2D eigenvalue weighted by Gasteiger charge is 2.26. The summed E-state index contributed by atoms with van der Waals surface area (Å²) in [4.78, 5) is 12.7. The summed E-state index contributed by atoms with van der Waals surface area (Å²) in [6.45, 7) is 5.94. The Kier molecular flexibility index (Phi) is 5.16. The molecule has 1 saturated heterocycles. The fourth-order valence-corrected chi connectivity index (χ4v) is 3.21. The number of rotatable bonds is 4. The van der Waals surface area contributed by atoms with Crippen LogP contribution < -0.4 is 10.6 Å². The first-order chi connectivity index (χ1) is 11.6. The average molecular weight is 348 g/mol. The molecule has 1 aromatic heterocycles. The van der Waals surface area contributed by atoms with E-state index >= 15 is 0 Å². The maximum absolute atomic E-state index is 12.7. The monoisotopic (exact) mass is 347 g/mol. The van der Waals surface area contributed by atoms with Gasteiger partial charge in [-0.2, -0.15) is 0 Å². The summed E-state index contributed by atoms with van der Waals surface area (Å²) in [6, 6.07) is 7.48. The zero-order valence-corrected chi connectivity index (χ0v) is 14.7. The number of benzene rings is 1. The van der Waals surface area contributed by atoms with Crippen molar-refractivity contribution in [3.05, 3.63) is 40.7 Å². The van der Waals surface area contributed by atoms with E-state index in [2.05, 4.69) is 27.9 Å². The number of hydrogen-bond donors (Lipinski definition) is 2. The Morgan fingerprint density at radius 2 is 2.33 bits per heavy atom. The van der Waals surface area contributed by atoms with Crippen LogP contribution in [0, 0.1) is 5.92 Å². The standard InChI is InChI=1S/C17H22ClN5O/c1-3-15-16(17(24)20-14-10-19-8-7-11(14)2)21-22-23(15)13-6-4-5-12(18)9-13/h4-6,9,11,14,19H,3,7-8,10H2,1-2H3,(H,20,24). The molecule has 0 saturated carbocycles. The molecule has 7 heteroatoms. The molecule has 128 valence electrons. The van der Waals surface area contributed by atoms with Crippen molar-refractivity contribution in [2.45, 2.75) is 32.7 Å². The van der Waals surface area contributed by atoms with Crippen LogP contribution in [0.1, 0.15) is 36.5 Å². The fraction of sp³-hybridized carbons (Fsp3) is 0.471. The number of hydrogen-bond acceptors (Lipinski definition) is 4. The lowest BCUT2D eigenvalue weighted by Gasteiger charge is -2.30. The molecule has 24 heavy (non-hydrogen) atoms. The Morgan fingerprint density at radius 3 is 3.04 bits per heavy atom. The molecule has 1 fully saturated rings. The molecule has 3 rings (SSSR count). The van der Waals surface area contributed by atoms with E-state index in [-0.39, 0.29) is 11.9 Å². The first-order valence-corrected chi connectivity index (χ1v) is 8.70. The van der Waals surface area contributed by atoms with Crippen LogP contribution in [0.25, 0.3) is 5.69 Å². The summed E-state index contributed by atoms with van der Waals surface area (Å²) in [6.07, 6.45) is 1.71. The number of amides is 1. The van der Waals surface area contributed by atoms with Crippen LogP contribution in [0.3, 0.4) is 0 Å². The molecule has 6 nitrogen and oxygen atoms in total. The van der Waals surface area contributed by atoms with E-state index in [1.165, 1.54) is 0 Å². The van der Waals surface area contributed by atoms with Gasteiger partial charge in [0.05, 0.1) is 11.4 Å². The van der Waals surface area contributed by atoms with E-state index in [1.807, 2.05) is 25.1 Å². The van der Waals surface area contributed by atoms with Gasteiger partial charge >= 0.3 is 0 Å². The van der Waals surface area contributed by atoms with Gasteiger partial charge in [0.2, 0.25) is 0 Å². The third-order valence-corrected chi connectivity index (χ3v) is 4.75. The smallest absolute Gasteiger partial charge is 0.274 e. The molecule has 2 aromatic rings. The van der Waals surface area contributed by atoms with E-state index in [9.17, 15) is 4.79 Å². The first kappa shape index (κ1) is 16.9. The topological polar surface area (TPSA) is 71.8 Å². The number of nitrogens with zero attached hydrogens (tertiary/aromatic N) is 3. The molecule has 2 heterocycles. The first-order valence-electron chi connectivity index (χ1n) is 8.32. The Bertz CT molecular complexity index is 730. The number of piperidine rings is 1. The molecule has 0 radical (unpaired) electrons. The minimum absolute atomic E-state index is 0.118. The maximum atomic E-state index is 12.7. The van der Waals surface area contributed by atoms with Crippen LogP contribution in [-0.2, 0) is 6.42 Å². The lowest BCUT2D eigenvalue weighted by Crippen LogP contribution is -2.50. The number of carbonyl (C=O) groups excluding carboxylic acids is 1. The minimum Gasteiger partial charge on any atom is -0.346 e. The molecule has 1 amide bonds. The quantitative estimate of drug-likeness (QED) is 0.889. The van der Waals surface area contributed by atoms with Gasteiger partial charge in [-0.3, -0.25) is 4.79 Å². The van der Waals surface area contributed by atoms with Crippen LogP contribution in [0.4, 0.5) is 0 Å². The molecule has 1 aliphatic rings. The number of carbonyl (C=O) groups is 1. The lowest BCUT2D eigenvalue weighted by molar-refractivity contribution is 0.0909. The average Bonchev–Trinajstić information content (AvgIpc) is 3.01. The Morgan fingerprint density at radius 1 is 1.50 bits per heavy atom. The van der Waals surface area contributed by atoms with E-state index in [0.717, 1.165) is 30.9 Å². The van der Waals surface area contributed by atoms with E-state index in [4.69, 9.17) is 11.6 Å². The summed E-state index contributed by atoms with van der Waals surface area (Å²) < 4.78 is 1.68. The lowest BCUT2D eigenvalue weighted by atomic mass is 9.94. The summed E-state index contributed by atoms with van der Waals surface area (Å²) in [7, 11) is 0. The second-order valence-electron chi connectivity index (χ2n) is 6.18. The summed E-state index contributed by atoms with van der Waals surface area (Å²) in [5.41, 5.74) is 1.97. The number of halogens is 1. The van der Waals surface area contributed by atoms with E-state index in [1.54, 1.807) is 10.7 Å². The summed E-state index contributed by atoms with van der Waals surface area (Å²) in [5.74, 6) is 0.281. The SMILES string of the molecule is CCc1c(C(=O)NC2CNCCC2C)nnn1-c1cccc(Cl)c1. The summed E-state index contributed by atoms with van der Waals surface area (Å²) >= 11 is 6.06. The molecule has 2 atom stereocenters. The van der Waals surface area contributed by atoms with Crippen molar-refractivity contribution in [1.82, 2.24) is 25.6 Å². The van der Waals surface area contributed by atoms with Gasteiger partial charge in [0.25, 0.3) is 5.91 Å². The molecular weight excluding hydrogens is 326 g/mol. The molecule has 0 spiro atoms. The van der Waals surface area contributed by atoms with Gasteiger partial charge in [-0.05, 0) is 43.5 Å². The molecule has 0 bridgehead atoms. The van der Waals surface area contributed by atoms with Crippen LogP contribution in [0.2, 0.25) is 5.02 Å². The minimum atomic E-state index is -0.166. The predicted octanol–water partition coefficient (Wildman–Crippen LogP) is 2.21. The normalized spacial score (nSPS) is 20.8. The second kappa shape index (κ2) is 7.32. The largest absolute Gasteiger partial charge is 0.346 e. The molecule has 1 aromatic carbocycles. The highest BCUT2D eigenvalue weighted by atomic mass is 35.5. The number of nitrogens with one attached hydrogen (secondary N) is 2. The third-order valence-electron chi connectivity index (χ3n) is 4.51. The highest BCUT2D eigenvalue weighted by molar-refractivity contribution is 6.30. The maximum Gasteiger partial charge on any atom is 0.274 e. The zero-order chi connectivity index (χ0) is 17.1. The van der Waals surface area contributed by atoms with Gasteiger partial charge in [0.1, 0.15) is 0 Å². The molecule has 0 aliphatic carbocycles. The Balaban J connectivity index is 1.84. The predicted molar refractivity (Wildman–Crippen MR) is 93.7 cm³/mol. The highest BCUT2D eigenvalue weighted by Crippen LogP contribution is 2.18. The van der Waals surface area contributed by atoms with Crippen LogP contribution >= 0.6 is 11.6 Å². The van der Waals surface area contributed by atoms with Gasteiger partial charge in [-0.25, -0.2) is 4.68 Å². The van der Waals surface area contributed by atoms with Crippen molar-refractivity contribution < 1.29 is 4.79 Å². The molecule has 2 unspecified atom stereocenters. The Hall–Kier alpha value is -1.92. The van der Waals surface area contributed by atoms with Gasteiger partial charge in [0, 0.05) is 17.6 Å². The van der Waals surface area contributed by atoms with Crippen molar-refractivity contribution in [3.63, 3.8) is 0 Å². The number of aromatic nitrogens is 3. The van der Waals surface area contributed by atoms with Gasteiger partial charge < -0.3 is 10.6 Å². The fourth-order valence-electron chi connectivity index (χ4n) is 3.03. The van der Waals surface area contributed by atoms with Crippen LogP contribution in [-0.4, -0.2) is 40.0 Å². The third kappa shape index (κ3) is 3.44. The molecular formula is C17H22ClN5O. The van der Waals surface area contributed by atoms with Crippen LogP contribution in [0.5, 0.6) is 0 Å². The second-order valence-corrected chi connectivity index (χ2v) is 6.62. The van der Waals surface area contributed by atoms with E-state index < -0.39 is 0 Å². The van der Waals surface area contributed by atoms with Crippen LogP contribution in [0.15, 0.2) is 24.3 Å². The zero-order valence-electron chi connectivity index (χ0n) is 13.9. The van der Waals surface area contributed by atoms with Gasteiger partial charge in [-0.1, -0.05) is 36.7 Å². The molecule has 2 N–H and O–H groups in total. The van der Waals surface area contributed by atoms with Gasteiger partial charge in [-0.15, -0.1) is 5.10 Å². The van der Waals surface area contributed by atoms with Crippen molar-refractivity contribution in [1.29, 1.82) is 0 Å². The van der Waals surface area contributed by atoms with Crippen molar-refractivity contribution in [2.24, 2.45) is 5.92 Å². The molecule has 1 aliphatic heterocycles. The van der Waals surface area contributed by atoms with Crippen molar-refractivity contribution in [3.8, 4) is 5.69 Å². The van der Waals surface area contributed by atoms with E-state index in [0.29, 0.717) is 23.1 Å². The summed E-state index contributed by atoms with van der Waals surface area (Å²) in [5, 5.41) is 15.3. The Labute approximate surface area is 146 Å². The van der Waals surface area contributed by atoms with Gasteiger partial charge in [0.15, 0.2) is 5.69 Å². The van der Waals surface area contributed by atoms with Crippen molar-refractivity contribution in [2.75, 3.05) is 13.1 Å². The van der Waals surface area contributed by atoms with Crippen molar-refractivity contribution >= 4 is 17.5 Å².